The SMILES string of the molecule is Oc1cc(OCc2ccccc2)ccc1CCl. The molecule has 0 aliphatic rings. The topological polar surface area (TPSA) is 29.5 Å². The molecule has 0 spiro atoms. The van der Waals surface area contributed by atoms with E-state index in [-0.39, 0.29) is 5.75 Å². The van der Waals surface area contributed by atoms with Crippen LogP contribution >= 0.6 is 11.6 Å². The molecule has 2 nitrogen and oxygen atoms in total. The van der Waals surface area contributed by atoms with E-state index in [1.54, 1.807) is 18.2 Å². The Morgan fingerprint density at radius 1 is 1.06 bits per heavy atom. The molecule has 88 valence electrons. The summed E-state index contributed by atoms with van der Waals surface area (Å²) < 4.78 is 5.57. The summed E-state index contributed by atoms with van der Waals surface area (Å²) in [5.41, 5.74) is 1.80. The molecule has 2 aromatic rings. The zero-order chi connectivity index (χ0) is 12.1. The standard InChI is InChI=1S/C14H13ClO2/c15-9-12-6-7-13(8-14(12)16)17-10-11-4-2-1-3-5-11/h1-8,16H,9-10H2. The molecule has 0 aliphatic carbocycles. The number of halogens is 1. The van der Waals surface area contributed by atoms with Crippen molar-refractivity contribution in [2.75, 3.05) is 0 Å². The molecule has 0 saturated heterocycles. The van der Waals surface area contributed by atoms with Crippen molar-refractivity contribution in [3.63, 3.8) is 0 Å². The fourth-order valence-electron chi connectivity index (χ4n) is 1.49. The summed E-state index contributed by atoms with van der Waals surface area (Å²) in [5, 5.41) is 9.62. The molecule has 0 aromatic heterocycles. The van der Waals surface area contributed by atoms with Gasteiger partial charge in [0.25, 0.3) is 0 Å². The van der Waals surface area contributed by atoms with Crippen LogP contribution < -0.4 is 4.74 Å². The molecular formula is C14H13ClO2. The van der Waals surface area contributed by atoms with E-state index < -0.39 is 0 Å². The Labute approximate surface area is 105 Å². The Hall–Kier alpha value is -1.67. The third kappa shape index (κ3) is 3.14. The average Bonchev–Trinajstić information content (AvgIpc) is 2.38. The van der Waals surface area contributed by atoms with Gasteiger partial charge in [-0.3, -0.25) is 0 Å². The number of phenolic OH excluding ortho intramolecular Hbond substituents is 1. The van der Waals surface area contributed by atoms with Crippen molar-refractivity contribution >= 4 is 11.6 Å². The van der Waals surface area contributed by atoms with E-state index in [4.69, 9.17) is 16.3 Å². The summed E-state index contributed by atoms with van der Waals surface area (Å²) in [6.45, 7) is 0.487. The van der Waals surface area contributed by atoms with Gasteiger partial charge in [0.15, 0.2) is 0 Å². The highest BCUT2D eigenvalue weighted by atomic mass is 35.5. The molecule has 1 N–H and O–H groups in total. The number of rotatable bonds is 4. The Kier molecular flexibility index (Phi) is 3.89. The lowest BCUT2D eigenvalue weighted by Crippen LogP contribution is -1.95. The summed E-state index contributed by atoms with van der Waals surface area (Å²) in [6, 6.07) is 15.0. The molecule has 0 bridgehead atoms. The maximum Gasteiger partial charge on any atom is 0.123 e. The van der Waals surface area contributed by atoms with E-state index in [0.717, 1.165) is 5.56 Å². The van der Waals surface area contributed by atoms with Crippen LogP contribution in [0.5, 0.6) is 11.5 Å². The molecule has 0 atom stereocenters. The molecule has 0 heterocycles. The lowest BCUT2D eigenvalue weighted by molar-refractivity contribution is 0.304. The molecular weight excluding hydrogens is 236 g/mol. The van der Waals surface area contributed by atoms with Gasteiger partial charge in [-0.1, -0.05) is 36.4 Å². The zero-order valence-corrected chi connectivity index (χ0v) is 10.0. The Bertz CT molecular complexity index is 483. The van der Waals surface area contributed by atoms with Gasteiger partial charge >= 0.3 is 0 Å². The van der Waals surface area contributed by atoms with Crippen molar-refractivity contribution in [1.82, 2.24) is 0 Å². The lowest BCUT2D eigenvalue weighted by Gasteiger charge is -2.08. The number of aromatic hydroxyl groups is 1. The largest absolute Gasteiger partial charge is 0.507 e. The van der Waals surface area contributed by atoms with Gasteiger partial charge in [0.1, 0.15) is 18.1 Å². The van der Waals surface area contributed by atoms with E-state index in [9.17, 15) is 5.11 Å². The first-order valence-electron chi connectivity index (χ1n) is 5.34. The quantitative estimate of drug-likeness (QED) is 0.836. The van der Waals surface area contributed by atoms with Crippen LogP contribution in [-0.2, 0) is 12.5 Å². The van der Waals surface area contributed by atoms with Gasteiger partial charge < -0.3 is 9.84 Å². The molecule has 0 amide bonds. The van der Waals surface area contributed by atoms with Crippen LogP contribution in [0.3, 0.4) is 0 Å². The second kappa shape index (κ2) is 5.60. The van der Waals surface area contributed by atoms with Crippen molar-refractivity contribution in [3.8, 4) is 11.5 Å². The van der Waals surface area contributed by atoms with E-state index in [2.05, 4.69) is 0 Å². The Morgan fingerprint density at radius 3 is 2.47 bits per heavy atom. The highest BCUT2D eigenvalue weighted by Crippen LogP contribution is 2.25. The Morgan fingerprint density at radius 2 is 1.82 bits per heavy atom. The lowest BCUT2D eigenvalue weighted by atomic mass is 10.2. The first-order valence-corrected chi connectivity index (χ1v) is 5.87. The summed E-state index contributed by atoms with van der Waals surface area (Å²) in [6.07, 6.45) is 0. The van der Waals surface area contributed by atoms with Crippen LogP contribution in [0.15, 0.2) is 48.5 Å². The van der Waals surface area contributed by atoms with Crippen LogP contribution in [0, 0.1) is 0 Å². The van der Waals surface area contributed by atoms with Crippen molar-refractivity contribution in [2.24, 2.45) is 0 Å². The maximum atomic E-state index is 9.62. The van der Waals surface area contributed by atoms with Gasteiger partial charge in [0, 0.05) is 11.6 Å². The number of phenols is 1. The van der Waals surface area contributed by atoms with Crippen molar-refractivity contribution < 1.29 is 9.84 Å². The fraction of sp³-hybridized carbons (Fsp3) is 0.143. The molecule has 3 heteroatoms. The highest BCUT2D eigenvalue weighted by Gasteiger charge is 2.02. The normalized spacial score (nSPS) is 10.2. The van der Waals surface area contributed by atoms with Crippen LogP contribution in [-0.4, -0.2) is 5.11 Å². The van der Waals surface area contributed by atoms with E-state index in [0.29, 0.717) is 23.8 Å². The van der Waals surface area contributed by atoms with Gasteiger partial charge in [-0.05, 0) is 11.6 Å². The van der Waals surface area contributed by atoms with Crippen molar-refractivity contribution in [2.45, 2.75) is 12.5 Å². The molecule has 0 saturated carbocycles. The van der Waals surface area contributed by atoms with Gasteiger partial charge in [-0.15, -0.1) is 11.6 Å². The highest BCUT2D eigenvalue weighted by molar-refractivity contribution is 6.17. The van der Waals surface area contributed by atoms with Gasteiger partial charge in [0.2, 0.25) is 0 Å². The molecule has 2 aromatic carbocycles. The molecule has 0 aliphatic heterocycles. The average molecular weight is 249 g/mol. The monoisotopic (exact) mass is 248 g/mol. The molecule has 17 heavy (non-hydrogen) atoms. The fourth-order valence-corrected chi connectivity index (χ4v) is 1.71. The summed E-state index contributed by atoms with van der Waals surface area (Å²) in [4.78, 5) is 0. The Balaban J connectivity index is 2.02. The molecule has 0 fully saturated rings. The summed E-state index contributed by atoms with van der Waals surface area (Å²) in [5.74, 6) is 1.11. The van der Waals surface area contributed by atoms with Crippen LogP contribution in [0.25, 0.3) is 0 Å². The van der Waals surface area contributed by atoms with E-state index in [1.165, 1.54) is 0 Å². The zero-order valence-electron chi connectivity index (χ0n) is 9.27. The van der Waals surface area contributed by atoms with Crippen LogP contribution in [0.4, 0.5) is 0 Å². The molecule has 2 rings (SSSR count). The van der Waals surface area contributed by atoms with E-state index >= 15 is 0 Å². The van der Waals surface area contributed by atoms with Crippen LogP contribution in [0.2, 0.25) is 0 Å². The number of benzene rings is 2. The molecule has 0 unspecified atom stereocenters. The first-order chi connectivity index (χ1) is 8.29. The van der Waals surface area contributed by atoms with E-state index in [1.807, 2.05) is 30.3 Å². The first kappa shape index (κ1) is 11.8. The maximum absolute atomic E-state index is 9.62. The van der Waals surface area contributed by atoms with Gasteiger partial charge in [-0.25, -0.2) is 0 Å². The van der Waals surface area contributed by atoms with Crippen molar-refractivity contribution in [1.29, 1.82) is 0 Å². The minimum atomic E-state index is 0.172. The number of hydrogen-bond acceptors (Lipinski definition) is 2. The minimum absolute atomic E-state index is 0.172. The second-order valence-electron chi connectivity index (χ2n) is 3.70. The number of hydrogen-bond donors (Lipinski definition) is 1. The van der Waals surface area contributed by atoms with Gasteiger partial charge in [0.05, 0.1) is 5.88 Å². The van der Waals surface area contributed by atoms with Crippen LogP contribution in [0.1, 0.15) is 11.1 Å². The number of alkyl halides is 1. The third-order valence-electron chi connectivity index (χ3n) is 2.45. The number of ether oxygens (including phenoxy) is 1. The minimum Gasteiger partial charge on any atom is -0.507 e. The summed E-state index contributed by atoms with van der Waals surface area (Å²) >= 11 is 5.66. The second-order valence-corrected chi connectivity index (χ2v) is 3.97. The smallest absolute Gasteiger partial charge is 0.123 e. The predicted octanol–water partition coefficient (Wildman–Crippen LogP) is 3.71. The van der Waals surface area contributed by atoms with Crippen molar-refractivity contribution in [3.05, 3.63) is 59.7 Å². The van der Waals surface area contributed by atoms with Gasteiger partial charge in [-0.2, -0.15) is 0 Å². The predicted molar refractivity (Wildman–Crippen MR) is 68.4 cm³/mol. The summed E-state index contributed by atoms with van der Waals surface area (Å²) in [7, 11) is 0. The molecule has 0 radical (unpaired) electrons. The third-order valence-corrected chi connectivity index (χ3v) is 2.74.